The number of sulfonamides is 1. The summed E-state index contributed by atoms with van der Waals surface area (Å²) >= 11 is 5.26. The molecule has 1 fully saturated rings. The smallest absolute Gasteiger partial charge is 0.257 e. The molecular formula is C22H28N4O4S2. The molecule has 0 saturated carbocycles. The number of anilines is 2. The number of carbonyl (C=O) groups is 1. The Bertz CT molecular complexity index is 1030. The molecule has 0 aliphatic carbocycles. The van der Waals surface area contributed by atoms with Gasteiger partial charge in [0.1, 0.15) is 5.75 Å². The Kier molecular flexibility index (Phi) is 8.05. The minimum absolute atomic E-state index is 0.204. The van der Waals surface area contributed by atoms with Gasteiger partial charge in [0.25, 0.3) is 5.91 Å². The Morgan fingerprint density at radius 3 is 2.22 bits per heavy atom. The molecule has 0 unspecified atom stereocenters. The van der Waals surface area contributed by atoms with Crippen molar-refractivity contribution in [3.63, 3.8) is 0 Å². The van der Waals surface area contributed by atoms with Crippen molar-refractivity contribution in [1.29, 1.82) is 0 Å². The van der Waals surface area contributed by atoms with Crippen molar-refractivity contribution in [3.05, 3.63) is 54.1 Å². The van der Waals surface area contributed by atoms with Crippen LogP contribution in [0.5, 0.6) is 5.75 Å². The summed E-state index contributed by atoms with van der Waals surface area (Å²) in [6.07, 6.45) is 2.16. The number of carbonyl (C=O) groups excluding carboxylic acids is 1. The molecule has 0 aromatic heterocycles. The van der Waals surface area contributed by atoms with E-state index in [9.17, 15) is 13.2 Å². The fourth-order valence-electron chi connectivity index (χ4n) is 3.29. The zero-order chi connectivity index (χ0) is 23.1. The van der Waals surface area contributed by atoms with Gasteiger partial charge in [-0.05, 0) is 67.2 Å². The van der Waals surface area contributed by atoms with Crippen LogP contribution >= 0.6 is 12.2 Å². The van der Waals surface area contributed by atoms with Crippen molar-refractivity contribution in [3.8, 4) is 5.75 Å². The molecule has 3 rings (SSSR count). The van der Waals surface area contributed by atoms with Gasteiger partial charge in [-0.2, -0.15) is 4.31 Å². The molecule has 1 saturated heterocycles. The molecule has 2 N–H and O–H groups in total. The molecule has 0 radical (unpaired) electrons. The van der Waals surface area contributed by atoms with E-state index in [1.807, 2.05) is 31.2 Å². The summed E-state index contributed by atoms with van der Waals surface area (Å²) in [5.74, 6) is 0.423. The Morgan fingerprint density at radius 1 is 1.03 bits per heavy atom. The summed E-state index contributed by atoms with van der Waals surface area (Å²) in [4.78, 5) is 14.5. The summed E-state index contributed by atoms with van der Waals surface area (Å²) < 4.78 is 30.3. The molecular weight excluding hydrogens is 448 g/mol. The number of nitrogens with one attached hydrogen (secondary N) is 2. The molecule has 1 heterocycles. The molecule has 0 spiro atoms. The standard InChI is InChI=1S/C22H28N4O4S2/c1-3-16-30-20-10-4-17(5-11-20)21(27)24-22(31)23-18-6-8-19(9-7-18)25-12-14-26(15-13-25)32(2,28)29/h4-11H,3,12-16H2,1-2H3,(H2,23,24,27,31). The van der Waals surface area contributed by atoms with E-state index in [1.54, 1.807) is 24.3 Å². The van der Waals surface area contributed by atoms with Crippen LogP contribution in [0.25, 0.3) is 0 Å². The highest BCUT2D eigenvalue weighted by atomic mass is 32.2. The Hall–Kier alpha value is -2.69. The number of amides is 1. The van der Waals surface area contributed by atoms with Crippen molar-refractivity contribution in [2.75, 3.05) is 49.3 Å². The molecule has 0 bridgehead atoms. The SMILES string of the molecule is CCCOc1ccc(C(=O)NC(=S)Nc2ccc(N3CCN(S(C)(=O)=O)CC3)cc2)cc1. The van der Waals surface area contributed by atoms with Crippen molar-refractivity contribution in [2.45, 2.75) is 13.3 Å². The van der Waals surface area contributed by atoms with Gasteiger partial charge < -0.3 is 15.0 Å². The Morgan fingerprint density at radius 2 is 1.66 bits per heavy atom. The number of ether oxygens (including phenoxy) is 1. The van der Waals surface area contributed by atoms with E-state index in [2.05, 4.69) is 15.5 Å². The average molecular weight is 477 g/mol. The molecule has 1 aliphatic rings. The van der Waals surface area contributed by atoms with E-state index in [4.69, 9.17) is 17.0 Å². The lowest BCUT2D eigenvalue weighted by Gasteiger charge is -2.34. The van der Waals surface area contributed by atoms with Crippen LogP contribution in [-0.2, 0) is 10.0 Å². The monoisotopic (exact) mass is 476 g/mol. The molecule has 1 amide bonds. The normalized spacial score (nSPS) is 14.6. The van der Waals surface area contributed by atoms with Gasteiger partial charge in [0.15, 0.2) is 5.11 Å². The minimum atomic E-state index is -3.15. The van der Waals surface area contributed by atoms with Gasteiger partial charge in [-0.1, -0.05) is 6.92 Å². The van der Waals surface area contributed by atoms with Crippen LogP contribution in [0, 0.1) is 0 Å². The second-order valence-corrected chi connectivity index (χ2v) is 9.87. The van der Waals surface area contributed by atoms with Crippen LogP contribution in [0.2, 0.25) is 0 Å². The third kappa shape index (κ3) is 6.65. The van der Waals surface area contributed by atoms with Gasteiger partial charge in [-0.3, -0.25) is 10.1 Å². The number of piperazine rings is 1. The highest BCUT2D eigenvalue weighted by Crippen LogP contribution is 2.20. The van der Waals surface area contributed by atoms with Gasteiger partial charge in [-0.25, -0.2) is 8.42 Å². The summed E-state index contributed by atoms with van der Waals surface area (Å²) in [5, 5.41) is 5.88. The number of rotatable bonds is 7. The molecule has 32 heavy (non-hydrogen) atoms. The van der Waals surface area contributed by atoms with Crippen LogP contribution in [-0.4, -0.2) is 62.8 Å². The van der Waals surface area contributed by atoms with E-state index in [-0.39, 0.29) is 11.0 Å². The lowest BCUT2D eigenvalue weighted by Crippen LogP contribution is -2.48. The van der Waals surface area contributed by atoms with E-state index >= 15 is 0 Å². The molecule has 2 aromatic rings. The summed E-state index contributed by atoms with van der Waals surface area (Å²) in [6.45, 7) is 4.88. The largest absolute Gasteiger partial charge is 0.494 e. The van der Waals surface area contributed by atoms with Crippen molar-refractivity contribution >= 4 is 44.6 Å². The molecule has 2 aromatic carbocycles. The van der Waals surface area contributed by atoms with Gasteiger partial charge in [0, 0.05) is 43.1 Å². The van der Waals surface area contributed by atoms with Crippen molar-refractivity contribution < 1.29 is 17.9 Å². The lowest BCUT2D eigenvalue weighted by atomic mass is 10.2. The third-order valence-corrected chi connectivity index (χ3v) is 6.52. The first kappa shape index (κ1) is 24.0. The first-order valence-electron chi connectivity index (χ1n) is 10.4. The van der Waals surface area contributed by atoms with Crippen LogP contribution < -0.4 is 20.3 Å². The van der Waals surface area contributed by atoms with Crippen molar-refractivity contribution in [2.24, 2.45) is 0 Å². The second-order valence-electron chi connectivity index (χ2n) is 7.48. The Balaban J connectivity index is 1.50. The van der Waals surface area contributed by atoms with Gasteiger partial charge in [0.05, 0.1) is 12.9 Å². The number of benzene rings is 2. The van der Waals surface area contributed by atoms with Crippen LogP contribution in [0.3, 0.4) is 0 Å². The molecule has 0 atom stereocenters. The molecule has 172 valence electrons. The highest BCUT2D eigenvalue weighted by Gasteiger charge is 2.23. The van der Waals surface area contributed by atoms with E-state index < -0.39 is 10.0 Å². The predicted molar refractivity (Wildman–Crippen MR) is 131 cm³/mol. The van der Waals surface area contributed by atoms with Crippen LogP contribution in [0.1, 0.15) is 23.7 Å². The summed E-state index contributed by atoms with van der Waals surface area (Å²) in [5.41, 5.74) is 2.24. The van der Waals surface area contributed by atoms with Crippen LogP contribution in [0.15, 0.2) is 48.5 Å². The topological polar surface area (TPSA) is 91.0 Å². The predicted octanol–water partition coefficient (Wildman–Crippen LogP) is 2.68. The zero-order valence-corrected chi connectivity index (χ0v) is 19.8. The van der Waals surface area contributed by atoms with Gasteiger partial charge in [0.2, 0.25) is 10.0 Å². The number of hydrogen-bond donors (Lipinski definition) is 2. The maximum absolute atomic E-state index is 12.4. The first-order valence-corrected chi connectivity index (χ1v) is 12.7. The first-order chi connectivity index (χ1) is 15.3. The lowest BCUT2D eigenvalue weighted by molar-refractivity contribution is 0.0977. The van der Waals surface area contributed by atoms with E-state index in [1.165, 1.54) is 10.6 Å². The number of thiocarbonyl (C=S) groups is 1. The highest BCUT2D eigenvalue weighted by molar-refractivity contribution is 7.88. The fourth-order valence-corrected chi connectivity index (χ4v) is 4.33. The zero-order valence-electron chi connectivity index (χ0n) is 18.2. The van der Waals surface area contributed by atoms with Crippen LogP contribution in [0.4, 0.5) is 11.4 Å². The summed E-state index contributed by atoms with van der Waals surface area (Å²) in [6, 6.07) is 14.5. The van der Waals surface area contributed by atoms with Crippen molar-refractivity contribution in [1.82, 2.24) is 9.62 Å². The number of hydrogen-bond acceptors (Lipinski definition) is 6. The second kappa shape index (κ2) is 10.8. The Labute approximate surface area is 194 Å². The molecule has 8 nitrogen and oxygen atoms in total. The van der Waals surface area contributed by atoms with Gasteiger partial charge >= 0.3 is 0 Å². The molecule has 1 aliphatic heterocycles. The average Bonchev–Trinajstić information content (AvgIpc) is 2.78. The minimum Gasteiger partial charge on any atom is -0.494 e. The molecule has 10 heteroatoms. The number of nitrogens with zero attached hydrogens (tertiary/aromatic N) is 2. The third-order valence-electron chi connectivity index (χ3n) is 5.01. The maximum atomic E-state index is 12.4. The summed E-state index contributed by atoms with van der Waals surface area (Å²) in [7, 11) is -3.15. The van der Waals surface area contributed by atoms with E-state index in [0.29, 0.717) is 38.3 Å². The van der Waals surface area contributed by atoms with E-state index in [0.717, 1.165) is 23.5 Å². The fraction of sp³-hybridized carbons (Fsp3) is 0.364. The maximum Gasteiger partial charge on any atom is 0.257 e. The van der Waals surface area contributed by atoms with Gasteiger partial charge in [-0.15, -0.1) is 0 Å². The quantitative estimate of drug-likeness (QED) is 0.594.